The van der Waals surface area contributed by atoms with Gasteiger partial charge in [0.25, 0.3) is 0 Å². The summed E-state index contributed by atoms with van der Waals surface area (Å²) >= 11 is 1.57. The van der Waals surface area contributed by atoms with E-state index in [1.807, 2.05) is 16.8 Å². The monoisotopic (exact) mass is 433 g/mol. The van der Waals surface area contributed by atoms with Crippen molar-refractivity contribution in [2.75, 3.05) is 26.3 Å². The number of aromatic nitrogens is 2. The van der Waals surface area contributed by atoms with Gasteiger partial charge in [-0.25, -0.2) is 8.42 Å². The molecule has 1 saturated heterocycles. The van der Waals surface area contributed by atoms with E-state index < -0.39 is 10.0 Å². The summed E-state index contributed by atoms with van der Waals surface area (Å²) in [6.45, 7) is 1.69. The van der Waals surface area contributed by atoms with Crippen LogP contribution in [0.25, 0.3) is 11.5 Å². The third-order valence-electron chi connectivity index (χ3n) is 5.16. The van der Waals surface area contributed by atoms with Crippen LogP contribution in [0, 0.1) is 0 Å². The summed E-state index contributed by atoms with van der Waals surface area (Å²) in [5.41, 5.74) is 0.910. The molecule has 0 spiro atoms. The zero-order valence-corrected chi connectivity index (χ0v) is 17.1. The van der Waals surface area contributed by atoms with Crippen molar-refractivity contribution in [3.63, 3.8) is 0 Å². The fourth-order valence-electron chi connectivity index (χ4n) is 3.58. The van der Waals surface area contributed by atoms with Crippen molar-refractivity contribution in [2.45, 2.75) is 23.7 Å². The van der Waals surface area contributed by atoms with Gasteiger partial charge in [0.05, 0.1) is 4.90 Å². The number of ether oxygens (including phenoxy) is 2. The molecule has 0 unspecified atom stereocenters. The van der Waals surface area contributed by atoms with E-state index in [9.17, 15) is 8.42 Å². The van der Waals surface area contributed by atoms with Gasteiger partial charge < -0.3 is 13.9 Å². The molecule has 0 atom stereocenters. The molecule has 10 heteroatoms. The molecule has 1 aromatic carbocycles. The SMILES string of the molecule is O=S(=O)(c1ccc2c(c1)OCCO2)N1CCC(c2nnc(-c3ccsc3)o2)CC1. The maximum absolute atomic E-state index is 13.1. The fraction of sp³-hybridized carbons (Fsp3) is 0.368. The Morgan fingerprint density at radius 1 is 1.03 bits per heavy atom. The van der Waals surface area contributed by atoms with Gasteiger partial charge in [-0.3, -0.25) is 0 Å². The van der Waals surface area contributed by atoms with E-state index in [-0.39, 0.29) is 10.8 Å². The van der Waals surface area contributed by atoms with Gasteiger partial charge >= 0.3 is 0 Å². The molecule has 3 aromatic rings. The highest BCUT2D eigenvalue weighted by atomic mass is 32.2. The van der Waals surface area contributed by atoms with Gasteiger partial charge in [0.15, 0.2) is 11.5 Å². The van der Waals surface area contributed by atoms with Crippen LogP contribution in [0.15, 0.2) is 44.3 Å². The molecule has 2 aliphatic heterocycles. The number of sulfonamides is 1. The normalized spacial score (nSPS) is 18.1. The lowest BCUT2D eigenvalue weighted by molar-refractivity contribution is 0.171. The summed E-state index contributed by atoms with van der Waals surface area (Å²) in [4.78, 5) is 0.220. The molecule has 0 radical (unpaired) electrons. The number of nitrogens with zero attached hydrogens (tertiary/aromatic N) is 3. The Bertz CT molecular complexity index is 1100. The second kappa shape index (κ2) is 7.43. The average Bonchev–Trinajstić information content (AvgIpc) is 3.45. The first-order valence-electron chi connectivity index (χ1n) is 9.37. The van der Waals surface area contributed by atoms with Gasteiger partial charge in [-0.05, 0) is 36.4 Å². The largest absolute Gasteiger partial charge is 0.486 e. The molecule has 0 N–H and O–H groups in total. The first-order chi connectivity index (χ1) is 14.1. The molecule has 2 aromatic heterocycles. The Balaban J connectivity index is 1.29. The van der Waals surface area contributed by atoms with Crippen molar-refractivity contribution in [1.29, 1.82) is 0 Å². The smallest absolute Gasteiger partial charge is 0.248 e. The molecule has 0 saturated carbocycles. The summed E-state index contributed by atoms with van der Waals surface area (Å²) in [5, 5.41) is 12.2. The van der Waals surface area contributed by atoms with Crippen molar-refractivity contribution in [2.24, 2.45) is 0 Å². The van der Waals surface area contributed by atoms with Crippen LogP contribution in [-0.2, 0) is 10.0 Å². The van der Waals surface area contributed by atoms with E-state index in [1.165, 1.54) is 4.31 Å². The number of hydrogen-bond acceptors (Lipinski definition) is 8. The van der Waals surface area contributed by atoms with Gasteiger partial charge in [-0.1, -0.05) is 0 Å². The third kappa shape index (κ3) is 3.52. The molecule has 8 nitrogen and oxygen atoms in total. The van der Waals surface area contributed by atoms with Gasteiger partial charge in [0.1, 0.15) is 13.2 Å². The topological polar surface area (TPSA) is 94.8 Å². The maximum Gasteiger partial charge on any atom is 0.248 e. The maximum atomic E-state index is 13.1. The summed E-state index contributed by atoms with van der Waals surface area (Å²) in [7, 11) is -3.60. The van der Waals surface area contributed by atoms with E-state index in [2.05, 4.69) is 10.2 Å². The first-order valence-corrected chi connectivity index (χ1v) is 11.8. The van der Waals surface area contributed by atoms with Gasteiger partial charge in [0, 0.05) is 36.0 Å². The lowest BCUT2D eigenvalue weighted by Crippen LogP contribution is -2.38. The fourth-order valence-corrected chi connectivity index (χ4v) is 5.69. The van der Waals surface area contributed by atoms with Crippen LogP contribution in [0.2, 0.25) is 0 Å². The minimum Gasteiger partial charge on any atom is -0.486 e. The second-order valence-electron chi connectivity index (χ2n) is 6.94. The highest BCUT2D eigenvalue weighted by Gasteiger charge is 2.33. The van der Waals surface area contributed by atoms with Crippen LogP contribution in [0.3, 0.4) is 0 Å². The molecular formula is C19H19N3O5S2. The van der Waals surface area contributed by atoms with E-state index in [1.54, 1.807) is 29.5 Å². The van der Waals surface area contributed by atoms with E-state index in [4.69, 9.17) is 13.9 Å². The van der Waals surface area contributed by atoms with Crippen molar-refractivity contribution in [1.82, 2.24) is 14.5 Å². The third-order valence-corrected chi connectivity index (χ3v) is 7.74. The molecule has 1 fully saturated rings. The van der Waals surface area contributed by atoms with Crippen LogP contribution in [0.4, 0.5) is 0 Å². The lowest BCUT2D eigenvalue weighted by atomic mass is 9.98. The predicted octanol–water partition coefficient (Wildman–Crippen LogP) is 3.14. The Kier molecular flexibility index (Phi) is 4.76. The summed E-state index contributed by atoms with van der Waals surface area (Å²) in [6, 6.07) is 6.70. The number of rotatable bonds is 4. The van der Waals surface area contributed by atoms with Gasteiger partial charge in [0.2, 0.25) is 21.8 Å². The average molecular weight is 434 g/mol. The minimum absolute atomic E-state index is 0.0570. The Hall–Kier alpha value is -2.43. The van der Waals surface area contributed by atoms with Crippen molar-refractivity contribution >= 4 is 21.4 Å². The molecule has 4 heterocycles. The van der Waals surface area contributed by atoms with Crippen molar-refractivity contribution in [3.05, 3.63) is 40.9 Å². The number of benzene rings is 1. The number of hydrogen-bond donors (Lipinski definition) is 0. The molecule has 5 rings (SSSR count). The Morgan fingerprint density at radius 2 is 1.83 bits per heavy atom. The lowest BCUT2D eigenvalue weighted by Gasteiger charge is -2.30. The van der Waals surface area contributed by atoms with Crippen LogP contribution in [0.1, 0.15) is 24.7 Å². The molecule has 152 valence electrons. The van der Waals surface area contributed by atoms with E-state index in [0.717, 1.165) is 5.56 Å². The summed E-state index contributed by atoms with van der Waals surface area (Å²) in [5.74, 6) is 2.18. The highest BCUT2D eigenvalue weighted by molar-refractivity contribution is 7.89. The number of thiophene rings is 1. The van der Waals surface area contributed by atoms with Gasteiger partial charge in [-0.2, -0.15) is 15.6 Å². The highest BCUT2D eigenvalue weighted by Crippen LogP contribution is 2.35. The van der Waals surface area contributed by atoms with Crippen LogP contribution in [0.5, 0.6) is 11.5 Å². The van der Waals surface area contributed by atoms with E-state index in [0.29, 0.717) is 62.4 Å². The van der Waals surface area contributed by atoms with Crippen LogP contribution in [-0.4, -0.2) is 49.2 Å². The Labute approximate surface area is 172 Å². The Morgan fingerprint density at radius 3 is 2.59 bits per heavy atom. The summed E-state index contributed by atoms with van der Waals surface area (Å²) in [6.07, 6.45) is 1.27. The van der Waals surface area contributed by atoms with E-state index >= 15 is 0 Å². The molecular weight excluding hydrogens is 414 g/mol. The quantitative estimate of drug-likeness (QED) is 0.624. The molecule has 2 aliphatic rings. The molecule has 0 amide bonds. The minimum atomic E-state index is -3.60. The second-order valence-corrected chi connectivity index (χ2v) is 9.66. The predicted molar refractivity (Wildman–Crippen MR) is 106 cm³/mol. The van der Waals surface area contributed by atoms with Crippen LogP contribution < -0.4 is 9.47 Å². The number of fused-ring (bicyclic) bond motifs is 1. The molecule has 0 aliphatic carbocycles. The molecule has 0 bridgehead atoms. The van der Waals surface area contributed by atoms with Crippen molar-refractivity contribution < 1.29 is 22.3 Å². The van der Waals surface area contributed by atoms with Gasteiger partial charge in [-0.15, -0.1) is 10.2 Å². The first kappa shape index (κ1) is 18.6. The standard InChI is InChI=1S/C19H19N3O5S2/c23-29(24,15-1-2-16-17(11-15)26-9-8-25-16)22-6-3-13(4-7-22)18-20-21-19(27-18)14-5-10-28-12-14/h1-2,5,10-13H,3-4,6-9H2. The summed E-state index contributed by atoms with van der Waals surface area (Å²) < 4.78 is 44.4. The van der Waals surface area contributed by atoms with Crippen LogP contribution >= 0.6 is 11.3 Å². The molecule has 29 heavy (non-hydrogen) atoms. The number of piperidine rings is 1. The zero-order valence-electron chi connectivity index (χ0n) is 15.5. The van der Waals surface area contributed by atoms with Crippen molar-refractivity contribution in [3.8, 4) is 23.0 Å². The zero-order chi connectivity index (χ0) is 19.8.